The summed E-state index contributed by atoms with van der Waals surface area (Å²) in [6.45, 7) is 0.304. The van der Waals surface area contributed by atoms with Crippen molar-refractivity contribution in [3.63, 3.8) is 0 Å². The highest BCUT2D eigenvalue weighted by Crippen LogP contribution is 2.33. The minimum absolute atomic E-state index is 0.304. The van der Waals surface area contributed by atoms with E-state index in [1.165, 1.54) is 0 Å². The number of nitrogens with zero attached hydrogens (tertiary/aromatic N) is 2. The molecule has 0 spiro atoms. The Balaban J connectivity index is 2.20. The minimum Gasteiger partial charge on any atom is -0.486 e. The first-order valence-corrected chi connectivity index (χ1v) is 6.72. The van der Waals surface area contributed by atoms with Gasteiger partial charge in [0.2, 0.25) is 0 Å². The zero-order valence-corrected chi connectivity index (χ0v) is 12.4. The number of halogens is 2. The number of nitriles is 1. The van der Waals surface area contributed by atoms with Gasteiger partial charge in [-0.25, -0.2) is 4.98 Å². The molecular formula is C13H8Br2N2O. The van der Waals surface area contributed by atoms with E-state index in [-0.39, 0.29) is 0 Å². The van der Waals surface area contributed by atoms with Crippen LogP contribution in [0.1, 0.15) is 11.3 Å². The Morgan fingerprint density at radius 3 is 2.56 bits per heavy atom. The minimum atomic E-state index is 0.304. The SMILES string of the molecule is N#Cc1ncccc1COc1c(Br)cccc1Br. The molecule has 0 radical (unpaired) electrons. The van der Waals surface area contributed by atoms with Gasteiger partial charge < -0.3 is 4.74 Å². The summed E-state index contributed by atoms with van der Waals surface area (Å²) >= 11 is 6.84. The number of ether oxygens (including phenoxy) is 1. The van der Waals surface area contributed by atoms with Crippen LogP contribution in [0.4, 0.5) is 0 Å². The third-order valence-electron chi connectivity index (χ3n) is 2.29. The molecule has 2 rings (SSSR count). The van der Waals surface area contributed by atoms with Crippen molar-refractivity contribution < 1.29 is 4.74 Å². The number of hydrogen-bond acceptors (Lipinski definition) is 3. The van der Waals surface area contributed by atoms with Gasteiger partial charge in [-0.1, -0.05) is 12.1 Å². The third kappa shape index (κ3) is 2.89. The Morgan fingerprint density at radius 1 is 1.17 bits per heavy atom. The van der Waals surface area contributed by atoms with Crippen molar-refractivity contribution in [1.29, 1.82) is 5.26 Å². The van der Waals surface area contributed by atoms with E-state index in [2.05, 4.69) is 36.8 Å². The zero-order chi connectivity index (χ0) is 13.0. The third-order valence-corrected chi connectivity index (χ3v) is 3.54. The second-order valence-corrected chi connectivity index (χ2v) is 5.17. The summed E-state index contributed by atoms with van der Waals surface area (Å²) in [6, 6.07) is 11.4. The number of rotatable bonds is 3. The molecule has 90 valence electrons. The molecule has 0 unspecified atom stereocenters. The summed E-state index contributed by atoms with van der Waals surface area (Å²) in [7, 11) is 0. The molecule has 1 heterocycles. The van der Waals surface area contributed by atoms with Gasteiger partial charge >= 0.3 is 0 Å². The Labute approximate surface area is 122 Å². The van der Waals surface area contributed by atoms with Gasteiger partial charge in [0.25, 0.3) is 0 Å². The van der Waals surface area contributed by atoms with Crippen LogP contribution < -0.4 is 4.74 Å². The Kier molecular flexibility index (Phi) is 4.34. The van der Waals surface area contributed by atoms with Crippen molar-refractivity contribution in [1.82, 2.24) is 4.98 Å². The molecule has 0 N–H and O–H groups in total. The molecule has 2 aromatic rings. The van der Waals surface area contributed by atoms with Crippen LogP contribution in [0.5, 0.6) is 5.75 Å². The molecule has 5 heteroatoms. The smallest absolute Gasteiger partial charge is 0.148 e. The second kappa shape index (κ2) is 5.98. The van der Waals surface area contributed by atoms with Gasteiger partial charge in [0.15, 0.2) is 0 Å². The van der Waals surface area contributed by atoms with Gasteiger partial charge in [-0.2, -0.15) is 5.26 Å². The quantitative estimate of drug-likeness (QED) is 0.821. The summed E-state index contributed by atoms with van der Waals surface area (Å²) in [6.07, 6.45) is 1.59. The topological polar surface area (TPSA) is 45.9 Å². The fraction of sp³-hybridized carbons (Fsp3) is 0.0769. The predicted molar refractivity (Wildman–Crippen MR) is 75.1 cm³/mol. The van der Waals surface area contributed by atoms with Crippen molar-refractivity contribution in [2.75, 3.05) is 0 Å². The fourth-order valence-corrected chi connectivity index (χ4v) is 2.65. The number of benzene rings is 1. The zero-order valence-electron chi connectivity index (χ0n) is 9.23. The van der Waals surface area contributed by atoms with Crippen LogP contribution in [-0.2, 0) is 6.61 Å². The standard InChI is InChI=1S/C13H8Br2N2O/c14-10-4-1-5-11(15)13(10)18-8-9-3-2-6-17-12(9)7-16/h1-6H,8H2. The molecule has 3 nitrogen and oxygen atoms in total. The average Bonchev–Trinajstić information content (AvgIpc) is 2.38. The first-order valence-electron chi connectivity index (χ1n) is 5.13. The van der Waals surface area contributed by atoms with Crippen LogP contribution in [0.25, 0.3) is 0 Å². The normalized spacial score (nSPS) is 9.83. The van der Waals surface area contributed by atoms with Crippen molar-refractivity contribution in [2.45, 2.75) is 6.61 Å². The highest BCUT2D eigenvalue weighted by molar-refractivity contribution is 9.11. The molecule has 0 amide bonds. The molecule has 0 bridgehead atoms. The van der Waals surface area contributed by atoms with Crippen LogP contribution in [0.2, 0.25) is 0 Å². The Bertz CT molecular complexity index is 588. The van der Waals surface area contributed by atoms with Gasteiger partial charge in [-0.3, -0.25) is 0 Å². The lowest BCUT2D eigenvalue weighted by Gasteiger charge is -2.10. The van der Waals surface area contributed by atoms with Gasteiger partial charge in [0.1, 0.15) is 24.1 Å². The number of aromatic nitrogens is 1. The maximum atomic E-state index is 8.94. The first-order chi connectivity index (χ1) is 8.72. The molecule has 0 saturated carbocycles. The van der Waals surface area contributed by atoms with Gasteiger partial charge in [0, 0.05) is 11.8 Å². The van der Waals surface area contributed by atoms with Crippen LogP contribution in [0, 0.1) is 11.3 Å². The molecular weight excluding hydrogens is 360 g/mol. The molecule has 0 aliphatic carbocycles. The van der Waals surface area contributed by atoms with E-state index in [4.69, 9.17) is 10.00 Å². The molecule has 1 aromatic carbocycles. The van der Waals surface area contributed by atoms with E-state index in [1.54, 1.807) is 12.3 Å². The van der Waals surface area contributed by atoms with Gasteiger partial charge in [-0.15, -0.1) is 0 Å². The van der Waals surface area contributed by atoms with E-state index >= 15 is 0 Å². The maximum absolute atomic E-state index is 8.94. The number of para-hydroxylation sites is 1. The Morgan fingerprint density at radius 2 is 1.89 bits per heavy atom. The van der Waals surface area contributed by atoms with E-state index in [0.29, 0.717) is 18.1 Å². The first kappa shape index (κ1) is 13.1. The van der Waals surface area contributed by atoms with Crippen LogP contribution in [-0.4, -0.2) is 4.98 Å². The monoisotopic (exact) mass is 366 g/mol. The Hall–Kier alpha value is -1.38. The largest absolute Gasteiger partial charge is 0.486 e. The van der Waals surface area contributed by atoms with Crippen molar-refractivity contribution in [2.24, 2.45) is 0 Å². The summed E-state index contributed by atoms with van der Waals surface area (Å²) in [4.78, 5) is 3.99. The molecule has 1 aromatic heterocycles. The second-order valence-electron chi connectivity index (χ2n) is 3.46. The molecule has 18 heavy (non-hydrogen) atoms. The highest BCUT2D eigenvalue weighted by Gasteiger charge is 2.08. The van der Waals surface area contributed by atoms with E-state index in [0.717, 1.165) is 14.5 Å². The predicted octanol–water partition coefficient (Wildman–Crippen LogP) is 4.06. The summed E-state index contributed by atoms with van der Waals surface area (Å²) < 4.78 is 7.43. The lowest BCUT2D eigenvalue weighted by molar-refractivity contribution is 0.301. The summed E-state index contributed by atoms with van der Waals surface area (Å²) in [5, 5.41) is 8.94. The van der Waals surface area contributed by atoms with Crippen LogP contribution in [0.15, 0.2) is 45.5 Å². The molecule has 0 aliphatic rings. The lowest BCUT2D eigenvalue weighted by atomic mass is 10.2. The average molecular weight is 368 g/mol. The van der Waals surface area contributed by atoms with Crippen LogP contribution >= 0.6 is 31.9 Å². The lowest BCUT2D eigenvalue weighted by Crippen LogP contribution is -2.00. The van der Waals surface area contributed by atoms with Gasteiger partial charge in [0.05, 0.1) is 8.95 Å². The molecule has 0 saturated heterocycles. The number of hydrogen-bond donors (Lipinski definition) is 0. The van der Waals surface area contributed by atoms with Crippen molar-refractivity contribution >= 4 is 31.9 Å². The number of pyridine rings is 1. The summed E-state index contributed by atoms with van der Waals surface area (Å²) in [5.74, 6) is 0.713. The van der Waals surface area contributed by atoms with Crippen molar-refractivity contribution in [3.8, 4) is 11.8 Å². The van der Waals surface area contributed by atoms with Gasteiger partial charge in [-0.05, 0) is 50.1 Å². The van der Waals surface area contributed by atoms with Crippen LogP contribution in [0.3, 0.4) is 0 Å². The fourth-order valence-electron chi connectivity index (χ4n) is 1.43. The van der Waals surface area contributed by atoms with E-state index in [9.17, 15) is 0 Å². The molecule has 0 aliphatic heterocycles. The highest BCUT2D eigenvalue weighted by atomic mass is 79.9. The maximum Gasteiger partial charge on any atom is 0.148 e. The molecule has 0 atom stereocenters. The van der Waals surface area contributed by atoms with Crippen molar-refractivity contribution in [3.05, 3.63) is 56.7 Å². The summed E-state index contributed by atoms with van der Waals surface area (Å²) in [5.41, 5.74) is 1.16. The molecule has 0 fully saturated rings. The van der Waals surface area contributed by atoms with E-state index < -0.39 is 0 Å². The van der Waals surface area contributed by atoms with E-state index in [1.807, 2.05) is 30.3 Å².